The molecule has 0 aromatic heterocycles. The molecule has 1 aliphatic heterocycles. The van der Waals surface area contributed by atoms with Gasteiger partial charge in [-0.15, -0.1) is 0 Å². The van der Waals surface area contributed by atoms with Gasteiger partial charge in [-0.3, -0.25) is 14.4 Å². The van der Waals surface area contributed by atoms with Crippen LogP contribution in [0.3, 0.4) is 0 Å². The van der Waals surface area contributed by atoms with Crippen LogP contribution < -0.4 is 0 Å². The van der Waals surface area contributed by atoms with Crippen LogP contribution in [0.5, 0.6) is 0 Å². The van der Waals surface area contributed by atoms with E-state index in [1.165, 1.54) is 6.92 Å². The minimum absolute atomic E-state index is 0.282. The summed E-state index contributed by atoms with van der Waals surface area (Å²) < 4.78 is 24.7. The molecule has 21 heavy (non-hydrogen) atoms. The molecule has 1 aliphatic rings. The van der Waals surface area contributed by atoms with E-state index in [4.69, 9.17) is 19.7 Å². The summed E-state index contributed by atoms with van der Waals surface area (Å²) in [6, 6.07) is 0. The number of hydrogen-bond acceptors (Lipinski definition) is 5. The molecule has 0 saturated carbocycles. The van der Waals surface area contributed by atoms with Crippen LogP contribution in [-0.2, 0) is 23.9 Å². The average Bonchev–Trinajstić information content (AvgIpc) is 2.63. The number of halogens is 1. The number of carboxylic acid groups (broad SMARTS) is 2. The van der Waals surface area contributed by atoms with Crippen LogP contribution in [0, 0.1) is 5.92 Å². The van der Waals surface area contributed by atoms with Crippen molar-refractivity contribution >= 4 is 17.9 Å². The molecule has 1 heterocycles. The third kappa shape index (κ3) is 4.66. The molecular weight excluding hydrogens is 287 g/mol. The number of carboxylic acids is 2. The van der Waals surface area contributed by atoms with Gasteiger partial charge in [0.25, 0.3) is 0 Å². The van der Waals surface area contributed by atoms with Crippen LogP contribution in [-0.4, -0.2) is 52.6 Å². The Morgan fingerprint density at radius 2 is 1.81 bits per heavy atom. The van der Waals surface area contributed by atoms with Gasteiger partial charge < -0.3 is 19.7 Å². The highest BCUT2D eigenvalue weighted by Crippen LogP contribution is 2.37. The van der Waals surface area contributed by atoms with Crippen molar-refractivity contribution in [1.29, 1.82) is 0 Å². The van der Waals surface area contributed by atoms with Crippen LogP contribution in [0.2, 0.25) is 0 Å². The number of esters is 1. The molecule has 0 bridgehead atoms. The first-order valence-corrected chi connectivity index (χ1v) is 6.66. The second-order valence-electron chi connectivity index (χ2n) is 5.00. The van der Waals surface area contributed by atoms with E-state index in [0.717, 1.165) is 0 Å². The number of aliphatic carboxylic acids is 2. The zero-order valence-corrected chi connectivity index (χ0v) is 11.8. The lowest BCUT2D eigenvalue weighted by atomic mass is 9.90. The third-order valence-corrected chi connectivity index (χ3v) is 3.40. The molecule has 7 nitrogen and oxygen atoms in total. The monoisotopic (exact) mass is 306 g/mol. The maximum atomic E-state index is 14.4. The average molecular weight is 306 g/mol. The van der Waals surface area contributed by atoms with Crippen LogP contribution in [0.4, 0.5) is 4.39 Å². The molecule has 0 aromatic rings. The summed E-state index contributed by atoms with van der Waals surface area (Å²) in [5, 5.41) is 17.6. The minimum Gasteiger partial charge on any atom is -0.481 e. The SMILES string of the molecule is CCC(OC(C)=O)[C@H]1OC(CC(=O)O)[C@H](CC(=O)O)[C@@H]1F. The van der Waals surface area contributed by atoms with Crippen molar-refractivity contribution in [2.75, 3.05) is 0 Å². The molecule has 5 atom stereocenters. The topological polar surface area (TPSA) is 110 Å². The minimum atomic E-state index is -1.70. The smallest absolute Gasteiger partial charge is 0.305 e. The molecule has 0 spiro atoms. The summed E-state index contributed by atoms with van der Waals surface area (Å²) in [6.45, 7) is 2.84. The Morgan fingerprint density at radius 1 is 1.24 bits per heavy atom. The molecule has 0 aliphatic carbocycles. The highest BCUT2D eigenvalue weighted by atomic mass is 19.1. The molecule has 1 saturated heterocycles. The van der Waals surface area contributed by atoms with Crippen molar-refractivity contribution in [2.45, 2.75) is 57.6 Å². The van der Waals surface area contributed by atoms with E-state index >= 15 is 0 Å². The zero-order chi connectivity index (χ0) is 16.2. The summed E-state index contributed by atoms with van der Waals surface area (Å²) in [5.74, 6) is -4.12. The lowest BCUT2D eigenvalue weighted by Gasteiger charge is -2.23. The van der Waals surface area contributed by atoms with Gasteiger partial charge in [0.15, 0.2) is 0 Å². The third-order valence-electron chi connectivity index (χ3n) is 3.40. The highest BCUT2D eigenvalue weighted by Gasteiger charge is 2.49. The van der Waals surface area contributed by atoms with E-state index in [1.54, 1.807) is 6.92 Å². The van der Waals surface area contributed by atoms with Gasteiger partial charge in [0.05, 0.1) is 18.9 Å². The molecule has 2 N–H and O–H groups in total. The number of alkyl halides is 1. The summed E-state index contributed by atoms with van der Waals surface area (Å²) in [7, 11) is 0. The maximum absolute atomic E-state index is 14.4. The molecular formula is C13H19FO7. The summed E-state index contributed by atoms with van der Waals surface area (Å²) in [4.78, 5) is 32.6. The van der Waals surface area contributed by atoms with E-state index in [-0.39, 0.29) is 6.42 Å². The maximum Gasteiger partial charge on any atom is 0.305 e. The highest BCUT2D eigenvalue weighted by molar-refractivity contribution is 5.69. The van der Waals surface area contributed by atoms with Crippen molar-refractivity contribution in [2.24, 2.45) is 5.92 Å². The van der Waals surface area contributed by atoms with Gasteiger partial charge in [-0.1, -0.05) is 6.92 Å². The predicted molar refractivity (Wildman–Crippen MR) is 67.4 cm³/mol. The van der Waals surface area contributed by atoms with Gasteiger partial charge in [0.1, 0.15) is 18.4 Å². The molecule has 0 amide bonds. The van der Waals surface area contributed by atoms with Gasteiger partial charge in [0, 0.05) is 12.8 Å². The second kappa shape index (κ2) is 7.35. The molecule has 0 radical (unpaired) electrons. The lowest BCUT2D eigenvalue weighted by molar-refractivity contribution is -0.158. The molecule has 8 heteroatoms. The second-order valence-corrected chi connectivity index (χ2v) is 5.00. The Kier molecular flexibility index (Phi) is 6.07. The van der Waals surface area contributed by atoms with Crippen molar-refractivity contribution < 1.29 is 38.5 Å². The Balaban J connectivity index is 2.89. The van der Waals surface area contributed by atoms with Gasteiger partial charge in [-0.2, -0.15) is 0 Å². The number of carbonyl (C=O) groups excluding carboxylic acids is 1. The fraction of sp³-hybridized carbons (Fsp3) is 0.769. The Bertz CT molecular complexity index is 411. The quantitative estimate of drug-likeness (QED) is 0.675. The predicted octanol–water partition coefficient (Wildman–Crippen LogP) is 0.999. The van der Waals surface area contributed by atoms with E-state index in [2.05, 4.69) is 0 Å². The fourth-order valence-electron chi connectivity index (χ4n) is 2.53. The molecule has 1 fully saturated rings. The fourth-order valence-corrected chi connectivity index (χ4v) is 2.53. The van der Waals surface area contributed by atoms with E-state index in [9.17, 15) is 18.8 Å². The first-order valence-electron chi connectivity index (χ1n) is 6.66. The Labute approximate surface area is 121 Å². The normalized spacial score (nSPS) is 29.9. The molecule has 0 aromatic carbocycles. The Hall–Kier alpha value is -1.70. The van der Waals surface area contributed by atoms with E-state index in [1.807, 2.05) is 0 Å². The molecule has 120 valence electrons. The van der Waals surface area contributed by atoms with Gasteiger partial charge in [-0.25, -0.2) is 4.39 Å². The molecule has 2 unspecified atom stereocenters. The van der Waals surface area contributed by atoms with Gasteiger partial charge in [-0.05, 0) is 6.42 Å². The van der Waals surface area contributed by atoms with Gasteiger partial charge in [0.2, 0.25) is 0 Å². The van der Waals surface area contributed by atoms with E-state index < -0.39 is 61.2 Å². The van der Waals surface area contributed by atoms with Crippen LogP contribution in [0.25, 0.3) is 0 Å². The van der Waals surface area contributed by atoms with E-state index in [0.29, 0.717) is 0 Å². The zero-order valence-electron chi connectivity index (χ0n) is 11.8. The van der Waals surface area contributed by atoms with Crippen molar-refractivity contribution in [3.05, 3.63) is 0 Å². The van der Waals surface area contributed by atoms with Gasteiger partial charge >= 0.3 is 17.9 Å². The molecule has 1 rings (SSSR count). The van der Waals surface area contributed by atoms with Crippen LogP contribution >= 0.6 is 0 Å². The number of hydrogen-bond donors (Lipinski definition) is 2. The van der Waals surface area contributed by atoms with Crippen LogP contribution in [0.15, 0.2) is 0 Å². The first kappa shape index (κ1) is 17.4. The first-order chi connectivity index (χ1) is 9.76. The van der Waals surface area contributed by atoms with Crippen molar-refractivity contribution in [1.82, 2.24) is 0 Å². The van der Waals surface area contributed by atoms with Crippen molar-refractivity contribution in [3.8, 4) is 0 Å². The number of ether oxygens (including phenoxy) is 2. The summed E-state index contributed by atoms with van der Waals surface area (Å²) in [5.41, 5.74) is 0. The standard InChI is InChI=1S/C13H19FO7/c1-3-8(20-6(2)15)13-12(14)7(4-10(16)17)9(21-13)5-11(18)19/h7-9,12-13H,3-5H2,1-2H3,(H,16,17)(H,18,19)/t7-,8?,9?,12-,13+/m0/s1. The van der Waals surface area contributed by atoms with Crippen molar-refractivity contribution in [3.63, 3.8) is 0 Å². The van der Waals surface area contributed by atoms with Crippen LogP contribution in [0.1, 0.15) is 33.1 Å². The number of carbonyl (C=O) groups is 3. The summed E-state index contributed by atoms with van der Waals surface area (Å²) in [6.07, 6.45) is -5.51. The Morgan fingerprint density at radius 3 is 2.24 bits per heavy atom. The lowest BCUT2D eigenvalue weighted by Crippen LogP contribution is -2.37. The number of rotatable bonds is 7. The summed E-state index contributed by atoms with van der Waals surface area (Å²) >= 11 is 0. The largest absolute Gasteiger partial charge is 0.481 e.